The molecule has 0 amide bonds. The molecule has 0 bridgehead atoms. The normalized spacial score (nSPS) is 10.9. The van der Waals surface area contributed by atoms with Gasteiger partial charge in [0, 0.05) is 5.39 Å². The van der Waals surface area contributed by atoms with Crippen LogP contribution in [0.2, 0.25) is 0 Å². The first-order chi connectivity index (χ1) is 8.88. The third-order valence-corrected chi connectivity index (χ3v) is 3.24. The third kappa shape index (κ3) is 1.90. The highest BCUT2D eigenvalue weighted by molar-refractivity contribution is 5.82. The van der Waals surface area contributed by atoms with Crippen molar-refractivity contribution in [1.82, 2.24) is 9.78 Å². The van der Waals surface area contributed by atoms with Gasteiger partial charge in [-0.15, -0.1) is 0 Å². The molecule has 90 valence electrons. The van der Waals surface area contributed by atoms with E-state index >= 15 is 0 Å². The molecule has 3 aromatic rings. The Balaban J connectivity index is 2.07. The van der Waals surface area contributed by atoms with E-state index in [0.717, 1.165) is 13.0 Å². The smallest absolute Gasteiger partial charge is 0.0700 e. The number of hydrogen-bond donors (Lipinski definition) is 0. The molecular formula is C16H16N2. The summed E-state index contributed by atoms with van der Waals surface area (Å²) in [6.07, 6.45) is 0.975. The van der Waals surface area contributed by atoms with E-state index < -0.39 is 0 Å². The lowest BCUT2D eigenvalue weighted by Gasteiger charge is -2.03. The van der Waals surface area contributed by atoms with Crippen LogP contribution >= 0.6 is 0 Å². The van der Waals surface area contributed by atoms with Crippen molar-refractivity contribution < 1.29 is 0 Å². The summed E-state index contributed by atoms with van der Waals surface area (Å²) >= 11 is 0. The lowest BCUT2D eigenvalue weighted by atomic mass is 10.2. The fourth-order valence-electron chi connectivity index (χ4n) is 2.33. The van der Waals surface area contributed by atoms with Crippen LogP contribution in [-0.4, -0.2) is 9.78 Å². The Morgan fingerprint density at radius 1 is 0.944 bits per heavy atom. The lowest BCUT2D eigenvalue weighted by Crippen LogP contribution is -2.01. The van der Waals surface area contributed by atoms with E-state index in [9.17, 15) is 0 Å². The molecule has 0 saturated heterocycles. The number of nitrogens with zero attached hydrogens (tertiary/aromatic N) is 2. The zero-order chi connectivity index (χ0) is 12.4. The van der Waals surface area contributed by atoms with E-state index in [1.54, 1.807) is 0 Å². The minimum atomic E-state index is 0.835. The molecule has 1 heterocycles. The van der Waals surface area contributed by atoms with E-state index in [4.69, 9.17) is 5.10 Å². The van der Waals surface area contributed by atoms with Gasteiger partial charge in [-0.2, -0.15) is 5.10 Å². The third-order valence-electron chi connectivity index (χ3n) is 3.24. The molecule has 0 radical (unpaired) electrons. The predicted molar refractivity (Wildman–Crippen MR) is 74.7 cm³/mol. The highest BCUT2D eigenvalue weighted by Gasteiger charge is 2.08. The number of aromatic nitrogens is 2. The number of hydrogen-bond acceptors (Lipinski definition) is 1. The maximum atomic E-state index is 4.72. The van der Waals surface area contributed by atoms with Crippen molar-refractivity contribution in [3.05, 3.63) is 65.9 Å². The van der Waals surface area contributed by atoms with Crippen LogP contribution in [-0.2, 0) is 13.0 Å². The first-order valence-corrected chi connectivity index (χ1v) is 6.37. The van der Waals surface area contributed by atoms with Crippen LogP contribution in [0.1, 0.15) is 18.2 Å². The molecule has 1 aromatic heterocycles. The topological polar surface area (TPSA) is 17.8 Å². The van der Waals surface area contributed by atoms with Crippen LogP contribution in [0.4, 0.5) is 0 Å². The zero-order valence-corrected chi connectivity index (χ0v) is 10.5. The van der Waals surface area contributed by atoms with Crippen LogP contribution in [0.25, 0.3) is 10.9 Å². The highest BCUT2D eigenvalue weighted by atomic mass is 15.3. The van der Waals surface area contributed by atoms with Gasteiger partial charge in [-0.1, -0.05) is 55.5 Å². The molecule has 18 heavy (non-hydrogen) atoms. The summed E-state index contributed by atoms with van der Waals surface area (Å²) in [6.45, 7) is 2.99. The predicted octanol–water partition coefficient (Wildman–Crippen LogP) is 3.65. The van der Waals surface area contributed by atoms with Crippen molar-refractivity contribution in [3.8, 4) is 0 Å². The van der Waals surface area contributed by atoms with Gasteiger partial charge in [-0.05, 0) is 18.1 Å². The quantitative estimate of drug-likeness (QED) is 0.678. The molecule has 2 nitrogen and oxygen atoms in total. The van der Waals surface area contributed by atoms with Gasteiger partial charge in [0.15, 0.2) is 0 Å². The first-order valence-electron chi connectivity index (χ1n) is 6.37. The van der Waals surface area contributed by atoms with E-state index in [1.165, 1.54) is 22.2 Å². The van der Waals surface area contributed by atoms with E-state index in [-0.39, 0.29) is 0 Å². The van der Waals surface area contributed by atoms with Crippen LogP contribution in [0.5, 0.6) is 0 Å². The first kappa shape index (κ1) is 11.0. The summed E-state index contributed by atoms with van der Waals surface area (Å²) in [4.78, 5) is 0. The molecule has 0 N–H and O–H groups in total. The van der Waals surface area contributed by atoms with Gasteiger partial charge in [-0.3, -0.25) is 4.68 Å². The van der Waals surface area contributed by atoms with Crippen LogP contribution in [0.3, 0.4) is 0 Å². The summed E-state index contributed by atoms with van der Waals surface area (Å²) in [5, 5.41) is 5.99. The average molecular weight is 236 g/mol. The minimum absolute atomic E-state index is 0.835. The van der Waals surface area contributed by atoms with Crippen molar-refractivity contribution in [1.29, 1.82) is 0 Å². The standard InChI is InChI=1S/C16H16N2/c1-2-15-14-10-6-7-11-16(14)18(17-15)12-13-8-4-3-5-9-13/h3-11H,2,12H2,1H3. The zero-order valence-electron chi connectivity index (χ0n) is 10.5. The number of rotatable bonds is 3. The number of para-hydroxylation sites is 1. The molecule has 0 atom stereocenters. The van der Waals surface area contributed by atoms with Gasteiger partial charge in [0.1, 0.15) is 0 Å². The molecule has 0 aliphatic rings. The second kappa shape index (κ2) is 4.65. The molecule has 2 heteroatoms. The van der Waals surface area contributed by atoms with Crippen LogP contribution in [0, 0.1) is 0 Å². The van der Waals surface area contributed by atoms with Gasteiger partial charge >= 0.3 is 0 Å². The molecular weight excluding hydrogens is 220 g/mol. The van der Waals surface area contributed by atoms with E-state index in [2.05, 4.69) is 60.1 Å². The molecule has 0 aliphatic heterocycles. The SMILES string of the molecule is CCc1nn(Cc2ccccc2)c2ccccc12. The monoisotopic (exact) mass is 236 g/mol. The van der Waals surface area contributed by atoms with Gasteiger partial charge in [0.25, 0.3) is 0 Å². The van der Waals surface area contributed by atoms with E-state index in [0.29, 0.717) is 0 Å². The summed E-state index contributed by atoms with van der Waals surface area (Å²) in [6, 6.07) is 18.9. The molecule has 0 saturated carbocycles. The van der Waals surface area contributed by atoms with Crippen molar-refractivity contribution in [2.45, 2.75) is 19.9 Å². The molecule has 2 aromatic carbocycles. The van der Waals surface area contributed by atoms with E-state index in [1.807, 2.05) is 6.07 Å². The Labute approximate surface area is 107 Å². The number of benzene rings is 2. The van der Waals surface area contributed by atoms with Crippen molar-refractivity contribution in [3.63, 3.8) is 0 Å². The number of aryl methyl sites for hydroxylation is 1. The van der Waals surface area contributed by atoms with Crippen molar-refractivity contribution in [2.24, 2.45) is 0 Å². The Bertz CT molecular complexity index is 653. The average Bonchev–Trinajstić information content (AvgIpc) is 2.78. The van der Waals surface area contributed by atoms with Gasteiger partial charge in [0.2, 0.25) is 0 Å². The second-order valence-electron chi connectivity index (χ2n) is 4.46. The maximum absolute atomic E-state index is 4.72. The summed E-state index contributed by atoms with van der Waals surface area (Å²) < 4.78 is 2.10. The van der Waals surface area contributed by atoms with Gasteiger partial charge in [0.05, 0.1) is 17.8 Å². The maximum Gasteiger partial charge on any atom is 0.0700 e. The van der Waals surface area contributed by atoms with Gasteiger partial charge < -0.3 is 0 Å². The van der Waals surface area contributed by atoms with Crippen molar-refractivity contribution in [2.75, 3.05) is 0 Å². The summed E-state index contributed by atoms with van der Waals surface area (Å²) in [7, 11) is 0. The Morgan fingerprint density at radius 3 is 2.44 bits per heavy atom. The highest BCUT2D eigenvalue weighted by Crippen LogP contribution is 2.19. The fourth-order valence-corrected chi connectivity index (χ4v) is 2.33. The summed E-state index contributed by atoms with van der Waals surface area (Å²) in [5.41, 5.74) is 3.69. The van der Waals surface area contributed by atoms with Crippen LogP contribution < -0.4 is 0 Å². The largest absolute Gasteiger partial charge is 0.260 e. The molecule has 3 rings (SSSR count). The van der Waals surface area contributed by atoms with Crippen molar-refractivity contribution >= 4 is 10.9 Å². The second-order valence-corrected chi connectivity index (χ2v) is 4.46. The Kier molecular flexibility index (Phi) is 2.85. The van der Waals surface area contributed by atoms with Crippen LogP contribution in [0.15, 0.2) is 54.6 Å². The fraction of sp³-hybridized carbons (Fsp3) is 0.188. The molecule has 0 unspecified atom stereocenters. The summed E-state index contributed by atoms with van der Waals surface area (Å²) in [5.74, 6) is 0. The van der Waals surface area contributed by atoms with Gasteiger partial charge in [-0.25, -0.2) is 0 Å². The lowest BCUT2D eigenvalue weighted by molar-refractivity contribution is 0.696. The minimum Gasteiger partial charge on any atom is -0.260 e. The number of fused-ring (bicyclic) bond motifs is 1. The Morgan fingerprint density at radius 2 is 1.67 bits per heavy atom. The Hall–Kier alpha value is -2.09. The molecule has 0 spiro atoms. The molecule has 0 aliphatic carbocycles. The molecule has 0 fully saturated rings.